The monoisotopic (exact) mass is 176 g/mol. The van der Waals surface area contributed by atoms with Crippen molar-refractivity contribution >= 4 is 0 Å². The van der Waals surface area contributed by atoms with Crippen molar-refractivity contribution in [3.8, 4) is 5.75 Å². The lowest BCUT2D eigenvalue weighted by Gasteiger charge is -2.09. The number of hydrogen-bond acceptors (Lipinski definition) is 1. The first-order valence-electron chi connectivity index (χ1n) is 4.61. The summed E-state index contributed by atoms with van der Waals surface area (Å²) in [6.45, 7) is 5.86. The van der Waals surface area contributed by atoms with E-state index in [1.165, 1.54) is 0 Å². The van der Waals surface area contributed by atoms with Gasteiger partial charge in [0, 0.05) is 0 Å². The Hall–Kier alpha value is -1.24. The topological polar surface area (TPSA) is 20.2 Å². The number of phenolic OH excluding ortho intramolecular Hbond substituents is 1. The van der Waals surface area contributed by atoms with Crippen LogP contribution in [0, 0.1) is 5.92 Å². The number of para-hydroxylation sites is 1. The molecule has 1 N–H and O–H groups in total. The molecular weight excluding hydrogens is 160 g/mol. The Morgan fingerprint density at radius 3 is 2.77 bits per heavy atom. The second kappa shape index (κ2) is 4.70. The lowest BCUT2D eigenvalue weighted by molar-refractivity contribution is 0.459. The third-order valence-corrected chi connectivity index (χ3v) is 2.13. The summed E-state index contributed by atoms with van der Waals surface area (Å²) in [6, 6.07) is 7.50. The van der Waals surface area contributed by atoms with Crippen LogP contribution >= 0.6 is 0 Å². The average Bonchev–Trinajstić information content (AvgIpc) is 2.09. The molecule has 0 spiro atoms. The molecule has 1 rings (SSSR count). The minimum Gasteiger partial charge on any atom is -0.508 e. The molecule has 0 aliphatic carbocycles. The summed E-state index contributed by atoms with van der Waals surface area (Å²) >= 11 is 0. The fourth-order valence-corrected chi connectivity index (χ4v) is 1.43. The maximum absolute atomic E-state index is 9.50. The van der Waals surface area contributed by atoms with Crippen LogP contribution in [0.25, 0.3) is 0 Å². The number of benzene rings is 1. The van der Waals surface area contributed by atoms with Gasteiger partial charge in [-0.2, -0.15) is 0 Å². The van der Waals surface area contributed by atoms with E-state index in [9.17, 15) is 5.11 Å². The van der Waals surface area contributed by atoms with E-state index < -0.39 is 0 Å². The molecule has 1 nitrogen and oxygen atoms in total. The zero-order valence-corrected chi connectivity index (χ0v) is 8.03. The van der Waals surface area contributed by atoms with Crippen LogP contribution in [-0.2, 0) is 6.42 Å². The molecule has 1 heteroatoms. The van der Waals surface area contributed by atoms with Gasteiger partial charge in [-0.25, -0.2) is 0 Å². The van der Waals surface area contributed by atoms with Gasteiger partial charge in [0.2, 0.25) is 0 Å². The molecule has 0 radical (unpaired) electrons. The SMILES string of the molecule is C=CCC(C)Cc1ccccc1O. The molecule has 0 aliphatic rings. The molecular formula is C12H16O. The van der Waals surface area contributed by atoms with Gasteiger partial charge in [0.25, 0.3) is 0 Å². The summed E-state index contributed by atoms with van der Waals surface area (Å²) in [5.41, 5.74) is 1.02. The normalized spacial score (nSPS) is 12.4. The summed E-state index contributed by atoms with van der Waals surface area (Å²) in [7, 11) is 0. The molecule has 0 saturated heterocycles. The van der Waals surface area contributed by atoms with Crippen molar-refractivity contribution in [2.75, 3.05) is 0 Å². The fraction of sp³-hybridized carbons (Fsp3) is 0.333. The zero-order chi connectivity index (χ0) is 9.68. The Morgan fingerprint density at radius 1 is 1.46 bits per heavy atom. The number of allylic oxidation sites excluding steroid dienone is 1. The third kappa shape index (κ3) is 2.94. The van der Waals surface area contributed by atoms with Gasteiger partial charge < -0.3 is 5.11 Å². The summed E-state index contributed by atoms with van der Waals surface area (Å²) in [5.74, 6) is 0.948. The lowest BCUT2D eigenvalue weighted by atomic mass is 9.98. The smallest absolute Gasteiger partial charge is 0.118 e. The zero-order valence-electron chi connectivity index (χ0n) is 8.03. The molecule has 1 aromatic carbocycles. The highest BCUT2D eigenvalue weighted by atomic mass is 16.3. The van der Waals surface area contributed by atoms with Gasteiger partial charge in [0.15, 0.2) is 0 Å². The predicted octanol–water partition coefficient (Wildman–Crippen LogP) is 3.15. The van der Waals surface area contributed by atoms with Crippen LogP contribution in [0.2, 0.25) is 0 Å². The van der Waals surface area contributed by atoms with E-state index in [2.05, 4.69) is 13.5 Å². The fourth-order valence-electron chi connectivity index (χ4n) is 1.43. The van der Waals surface area contributed by atoms with Gasteiger partial charge in [-0.15, -0.1) is 6.58 Å². The Morgan fingerprint density at radius 2 is 2.15 bits per heavy atom. The average molecular weight is 176 g/mol. The molecule has 1 unspecified atom stereocenters. The van der Waals surface area contributed by atoms with Crippen LogP contribution in [0.5, 0.6) is 5.75 Å². The van der Waals surface area contributed by atoms with E-state index in [1.807, 2.05) is 24.3 Å². The van der Waals surface area contributed by atoms with Gasteiger partial charge in [-0.05, 0) is 30.4 Å². The van der Waals surface area contributed by atoms with E-state index in [-0.39, 0.29) is 0 Å². The van der Waals surface area contributed by atoms with Crippen molar-refractivity contribution in [1.82, 2.24) is 0 Å². The minimum atomic E-state index is 0.401. The first-order chi connectivity index (χ1) is 6.24. The van der Waals surface area contributed by atoms with Crippen LogP contribution in [0.1, 0.15) is 18.9 Å². The van der Waals surface area contributed by atoms with E-state index in [4.69, 9.17) is 0 Å². The number of phenols is 1. The number of hydrogen-bond donors (Lipinski definition) is 1. The van der Waals surface area contributed by atoms with E-state index in [0.29, 0.717) is 11.7 Å². The molecule has 0 amide bonds. The highest BCUT2D eigenvalue weighted by Crippen LogP contribution is 2.20. The molecule has 0 bridgehead atoms. The van der Waals surface area contributed by atoms with Gasteiger partial charge in [-0.1, -0.05) is 31.2 Å². The lowest BCUT2D eigenvalue weighted by Crippen LogP contribution is -1.98. The Kier molecular flexibility index (Phi) is 3.56. The first-order valence-corrected chi connectivity index (χ1v) is 4.61. The predicted molar refractivity (Wildman–Crippen MR) is 55.8 cm³/mol. The van der Waals surface area contributed by atoms with Crippen molar-refractivity contribution < 1.29 is 5.11 Å². The maximum Gasteiger partial charge on any atom is 0.118 e. The van der Waals surface area contributed by atoms with Gasteiger partial charge in [0.1, 0.15) is 5.75 Å². The maximum atomic E-state index is 9.50. The van der Waals surface area contributed by atoms with Crippen LogP contribution in [0.15, 0.2) is 36.9 Å². The Bertz CT molecular complexity index is 278. The van der Waals surface area contributed by atoms with Crippen molar-refractivity contribution in [1.29, 1.82) is 0 Å². The number of aromatic hydroxyl groups is 1. The molecule has 1 aromatic rings. The largest absolute Gasteiger partial charge is 0.508 e. The molecule has 0 saturated carbocycles. The third-order valence-electron chi connectivity index (χ3n) is 2.13. The number of rotatable bonds is 4. The molecule has 13 heavy (non-hydrogen) atoms. The molecule has 0 heterocycles. The van der Waals surface area contributed by atoms with Crippen LogP contribution in [0.3, 0.4) is 0 Å². The van der Waals surface area contributed by atoms with Crippen LogP contribution in [0.4, 0.5) is 0 Å². The molecule has 0 fully saturated rings. The minimum absolute atomic E-state index is 0.401. The molecule has 0 aliphatic heterocycles. The second-order valence-electron chi connectivity index (χ2n) is 3.46. The summed E-state index contributed by atoms with van der Waals surface area (Å²) in [6.07, 6.45) is 3.83. The highest BCUT2D eigenvalue weighted by molar-refractivity contribution is 5.31. The van der Waals surface area contributed by atoms with Crippen molar-refractivity contribution in [3.05, 3.63) is 42.5 Å². The molecule has 0 aromatic heterocycles. The van der Waals surface area contributed by atoms with Crippen molar-refractivity contribution in [3.63, 3.8) is 0 Å². The quantitative estimate of drug-likeness (QED) is 0.699. The molecule has 70 valence electrons. The Balaban J connectivity index is 2.63. The first kappa shape index (κ1) is 9.85. The highest BCUT2D eigenvalue weighted by Gasteiger charge is 2.04. The Labute approximate surface area is 79.7 Å². The van der Waals surface area contributed by atoms with Gasteiger partial charge >= 0.3 is 0 Å². The second-order valence-corrected chi connectivity index (χ2v) is 3.46. The summed E-state index contributed by atoms with van der Waals surface area (Å²) < 4.78 is 0. The van der Waals surface area contributed by atoms with Crippen LogP contribution < -0.4 is 0 Å². The van der Waals surface area contributed by atoms with E-state index in [0.717, 1.165) is 18.4 Å². The van der Waals surface area contributed by atoms with Gasteiger partial charge in [-0.3, -0.25) is 0 Å². The van der Waals surface area contributed by atoms with Crippen molar-refractivity contribution in [2.45, 2.75) is 19.8 Å². The molecule has 1 atom stereocenters. The van der Waals surface area contributed by atoms with E-state index in [1.54, 1.807) is 6.07 Å². The summed E-state index contributed by atoms with van der Waals surface area (Å²) in [5, 5.41) is 9.50. The van der Waals surface area contributed by atoms with Crippen molar-refractivity contribution in [2.24, 2.45) is 5.92 Å². The van der Waals surface area contributed by atoms with Gasteiger partial charge in [0.05, 0.1) is 0 Å². The standard InChI is InChI=1S/C12H16O/c1-3-6-10(2)9-11-7-4-5-8-12(11)13/h3-5,7-8,10,13H,1,6,9H2,2H3. The summed E-state index contributed by atoms with van der Waals surface area (Å²) in [4.78, 5) is 0. The van der Waals surface area contributed by atoms with E-state index >= 15 is 0 Å². The van der Waals surface area contributed by atoms with Crippen LogP contribution in [-0.4, -0.2) is 5.11 Å².